The first-order valence-electron chi connectivity index (χ1n) is 4.75. The monoisotopic (exact) mass is 173 g/mol. The molecule has 0 aromatic heterocycles. The van der Waals surface area contributed by atoms with Gasteiger partial charge in [-0.3, -0.25) is 0 Å². The lowest BCUT2D eigenvalue weighted by Gasteiger charge is -2.36. The van der Waals surface area contributed by atoms with Crippen LogP contribution in [0.1, 0.15) is 32.6 Å². The van der Waals surface area contributed by atoms with E-state index in [0.29, 0.717) is 6.61 Å². The van der Waals surface area contributed by atoms with Crippen molar-refractivity contribution >= 4 is 0 Å². The van der Waals surface area contributed by atoms with Gasteiger partial charge < -0.3 is 15.6 Å². The molecule has 72 valence electrons. The van der Waals surface area contributed by atoms with E-state index in [-0.39, 0.29) is 6.04 Å². The van der Waals surface area contributed by atoms with Crippen LogP contribution in [0.15, 0.2) is 0 Å². The molecule has 0 aromatic carbocycles. The summed E-state index contributed by atoms with van der Waals surface area (Å²) >= 11 is 0. The Labute approximate surface area is 73.9 Å². The van der Waals surface area contributed by atoms with Crippen LogP contribution in [-0.2, 0) is 4.74 Å². The number of aliphatic hydroxyl groups is 1. The predicted molar refractivity (Wildman–Crippen MR) is 47.9 cm³/mol. The Morgan fingerprint density at radius 1 is 1.67 bits per heavy atom. The van der Waals surface area contributed by atoms with Crippen LogP contribution in [-0.4, -0.2) is 30.0 Å². The molecule has 0 amide bonds. The van der Waals surface area contributed by atoms with Gasteiger partial charge in [0, 0.05) is 12.6 Å². The maximum Gasteiger partial charge on any atom is 0.103 e. The van der Waals surface area contributed by atoms with E-state index in [1.807, 2.05) is 0 Å². The van der Waals surface area contributed by atoms with E-state index in [1.54, 1.807) is 0 Å². The summed E-state index contributed by atoms with van der Waals surface area (Å²) < 4.78 is 5.22. The smallest absolute Gasteiger partial charge is 0.103 e. The topological polar surface area (TPSA) is 55.5 Å². The predicted octanol–water partition coefficient (Wildman–Crippen LogP) is 0.655. The van der Waals surface area contributed by atoms with Gasteiger partial charge in [0.25, 0.3) is 0 Å². The van der Waals surface area contributed by atoms with Crippen LogP contribution in [0.5, 0.6) is 0 Å². The molecular weight excluding hydrogens is 154 g/mol. The van der Waals surface area contributed by atoms with E-state index in [0.717, 1.165) is 32.3 Å². The Hall–Kier alpha value is -0.120. The highest BCUT2D eigenvalue weighted by Crippen LogP contribution is 2.23. The third kappa shape index (κ3) is 2.19. The van der Waals surface area contributed by atoms with Gasteiger partial charge >= 0.3 is 0 Å². The van der Waals surface area contributed by atoms with Gasteiger partial charge in [-0.05, 0) is 19.3 Å². The van der Waals surface area contributed by atoms with Gasteiger partial charge in [-0.25, -0.2) is 0 Å². The van der Waals surface area contributed by atoms with Crippen molar-refractivity contribution in [2.75, 3.05) is 13.2 Å². The standard InChI is InChI=1S/C9H19NO2/c1-2-4-8(10)9(11)5-3-6-12-7-9/h8,11H,2-7,10H2,1H3. The summed E-state index contributed by atoms with van der Waals surface area (Å²) in [6.45, 7) is 3.25. The molecule has 1 rings (SSSR count). The molecule has 0 aromatic rings. The summed E-state index contributed by atoms with van der Waals surface area (Å²) in [6.07, 6.45) is 3.60. The second kappa shape index (κ2) is 4.21. The highest BCUT2D eigenvalue weighted by atomic mass is 16.5. The third-order valence-corrected chi connectivity index (χ3v) is 2.54. The molecule has 3 N–H and O–H groups in total. The fourth-order valence-corrected chi connectivity index (χ4v) is 1.67. The summed E-state index contributed by atoms with van der Waals surface area (Å²) in [5, 5.41) is 10.0. The third-order valence-electron chi connectivity index (χ3n) is 2.54. The van der Waals surface area contributed by atoms with Crippen LogP contribution >= 0.6 is 0 Å². The normalized spacial score (nSPS) is 33.2. The summed E-state index contributed by atoms with van der Waals surface area (Å²) in [5.74, 6) is 0. The number of nitrogens with two attached hydrogens (primary N) is 1. The van der Waals surface area contributed by atoms with E-state index in [9.17, 15) is 5.11 Å². The largest absolute Gasteiger partial charge is 0.386 e. The molecule has 3 nitrogen and oxygen atoms in total. The Morgan fingerprint density at radius 3 is 2.92 bits per heavy atom. The van der Waals surface area contributed by atoms with Gasteiger partial charge in [-0.1, -0.05) is 13.3 Å². The van der Waals surface area contributed by atoms with Crippen LogP contribution in [0.4, 0.5) is 0 Å². The SMILES string of the molecule is CCCC(N)C1(O)CCCOC1. The zero-order valence-corrected chi connectivity index (χ0v) is 7.75. The summed E-state index contributed by atoms with van der Waals surface area (Å²) in [7, 11) is 0. The molecule has 1 fully saturated rings. The molecule has 1 aliphatic heterocycles. The van der Waals surface area contributed by atoms with Crippen molar-refractivity contribution in [3.05, 3.63) is 0 Å². The molecule has 1 aliphatic rings. The molecule has 3 heteroatoms. The van der Waals surface area contributed by atoms with Gasteiger partial charge in [0.1, 0.15) is 5.60 Å². The van der Waals surface area contributed by atoms with Gasteiger partial charge in [0.05, 0.1) is 6.61 Å². The highest BCUT2D eigenvalue weighted by Gasteiger charge is 2.35. The van der Waals surface area contributed by atoms with E-state index in [1.165, 1.54) is 0 Å². The molecule has 0 radical (unpaired) electrons. The molecule has 0 saturated carbocycles. The molecule has 12 heavy (non-hydrogen) atoms. The van der Waals surface area contributed by atoms with Crippen LogP contribution in [0, 0.1) is 0 Å². The van der Waals surface area contributed by atoms with Crippen LogP contribution in [0.25, 0.3) is 0 Å². The van der Waals surface area contributed by atoms with Gasteiger partial charge in [0.15, 0.2) is 0 Å². The van der Waals surface area contributed by atoms with Crippen molar-refractivity contribution < 1.29 is 9.84 Å². The molecular formula is C9H19NO2. The Kier molecular flexibility index (Phi) is 3.50. The minimum atomic E-state index is -0.756. The lowest BCUT2D eigenvalue weighted by molar-refractivity contribution is -0.100. The van der Waals surface area contributed by atoms with Gasteiger partial charge in [-0.2, -0.15) is 0 Å². The van der Waals surface area contributed by atoms with Crippen LogP contribution < -0.4 is 5.73 Å². The van der Waals surface area contributed by atoms with Crippen molar-refractivity contribution in [2.24, 2.45) is 5.73 Å². The fraction of sp³-hybridized carbons (Fsp3) is 1.00. The average Bonchev–Trinajstić information content (AvgIpc) is 2.06. The lowest BCUT2D eigenvalue weighted by Crippen LogP contribution is -2.53. The summed E-state index contributed by atoms with van der Waals surface area (Å²) in [5.41, 5.74) is 5.11. The molecule has 0 aliphatic carbocycles. The van der Waals surface area contributed by atoms with Crippen molar-refractivity contribution in [1.29, 1.82) is 0 Å². The first kappa shape index (κ1) is 9.96. The number of hydrogen-bond donors (Lipinski definition) is 2. The van der Waals surface area contributed by atoms with Gasteiger partial charge in [0.2, 0.25) is 0 Å². The minimum Gasteiger partial charge on any atom is -0.386 e. The molecule has 2 atom stereocenters. The van der Waals surface area contributed by atoms with Gasteiger partial charge in [-0.15, -0.1) is 0 Å². The summed E-state index contributed by atoms with van der Waals surface area (Å²) in [4.78, 5) is 0. The second-order valence-corrected chi connectivity index (χ2v) is 3.65. The lowest BCUT2D eigenvalue weighted by atomic mass is 9.86. The van der Waals surface area contributed by atoms with Crippen molar-refractivity contribution in [2.45, 2.75) is 44.2 Å². The summed E-state index contributed by atoms with van der Waals surface area (Å²) in [6, 6.07) is -0.122. The number of hydrogen-bond acceptors (Lipinski definition) is 3. The maximum absolute atomic E-state index is 10.0. The molecule has 1 saturated heterocycles. The quantitative estimate of drug-likeness (QED) is 0.659. The first-order chi connectivity index (χ1) is 5.69. The van der Waals surface area contributed by atoms with Crippen molar-refractivity contribution in [3.8, 4) is 0 Å². The zero-order chi connectivity index (χ0) is 9.03. The van der Waals surface area contributed by atoms with E-state index < -0.39 is 5.60 Å². The van der Waals surface area contributed by atoms with Crippen LogP contribution in [0.3, 0.4) is 0 Å². The number of rotatable bonds is 3. The highest BCUT2D eigenvalue weighted by molar-refractivity contribution is 4.90. The minimum absolute atomic E-state index is 0.122. The number of ether oxygens (including phenoxy) is 1. The maximum atomic E-state index is 10.0. The molecule has 1 heterocycles. The zero-order valence-electron chi connectivity index (χ0n) is 7.75. The van der Waals surface area contributed by atoms with E-state index >= 15 is 0 Å². The Morgan fingerprint density at radius 2 is 2.42 bits per heavy atom. The molecule has 0 spiro atoms. The second-order valence-electron chi connectivity index (χ2n) is 3.65. The molecule has 0 bridgehead atoms. The van der Waals surface area contributed by atoms with Crippen molar-refractivity contribution in [1.82, 2.24) is 0 Å². The Bertz CT molecular complexity index is 132. The Balaban J connectivity index is 2.44. The van der Waals surface area contributed by atoms with Crippen LogP contribution in [0.2, 0.25) is 0 Å². The first-order valence-corrected chi connectivity index (χ1v) is 4.75. The average molecular weight is 173 g/mol. The van der Waals surface area contributed by atoms with E-state index in [2.05, 4.69) is 6.92 Å². The molecule has 2 unspecified atom stereocenters. The van der Waals surface area contributed by atoms with Crippen molar-refractivity contribution in [3.63, 3.8) is 0 Å². The van der Waals surface area contributed by atoms with E-state index in [4.69, 9.17) is 10.5 Å². The fourth-order valence-electron chi connectivity index (χ4n) is 1.67.